The lowest BCUT2D eigenvalue weighted by atomic mass is 10.2. The highest BCUT2D eigenvalue weighted by Gasteiger charge is 2.22. The molecule has 0 aromatic heterocycles. The van der Waals surface area contributed by atoms with Crippen LogP contribution in [-0.2, 0) is 14.3 Å². The number of ether oxygens (including phenoxy) is 2. The Morgan fingerprint density at radius 1 is 1.29 bits per heavy atom. The van der Waals surface area contributed by atoms with Gasteiger partial charge in [0.1, 0.15) is 5.84 Å². The third kappa shape index (κ3) is 5.21. The van der Waals surface area contributed by atoms with Crippen LogP contribution in [0, 0.1) is 0 Å². The Labute approximate surface area is 99.5 Å². The number of rotatable bonds is 7. The van der Waals surface area contributed by atoms with Crippen molar-refractivity contribution in [2.45, 2.75) is 13.8 Å². The number of nitrogens with zero attached hydrogens (tertiary/aromatic N) is 1. The highest BCUT2D eigenvalue weighted by atomic mass is 16.6. The van der Waals surface area contributed by atoms with E-state index < -0.39 is 11.9 Å². The zero-order valence-electron chi connectivity index (χ0n) is 9.97. The van der Waals surface area contributed by atoms with Crippen LogP contribution in [0.15, 0.2) is 16.5 Å². The molecule has 98 valence electrons. The first kappa shape index (κ1) is 15.2. The monoisotopic (exact) mass is 246 g/mol. The molecule has 0 aliphatic heterocycles. The smallest absolute Gasteiger partial charge is 0.349 e. The Bertz CT molecular complexity index is 312. The minimum absolute atomic E-state index is 0.0220. The molecule has 0 aromatic rings. The third-order valence-corrected chi connectivity index (χ3v) is 1.61. The second kappa shape index (κ2) is 8.40. The first-order chi connectivity index (χ1) is 8.08. The average Bonchev–Trinajstić information content (AvgIpc) is 2.27. The van der Waals surface area contributed by atoms with E-state index in [0.717, 1.165) is 0 Å². The molecule has 17 heavy (non-hydrogen) atoms. The van der Waals surface area contributed by atoms with Crippen molar-refractivity contribution >= 4 is 11.8 Å². The van der Waals surface area contributed by atoms with Crippen molar-refractivity contribution in [2.75, 3.05) is 26.4 Å². The van der Waals surface area contributed by atoms with Gasteiger partial charge >= 0.3 is 5.97 Å². The maximum Gasteiger partial charge on any atom is 0.349 e. The van der Waals surface area contributed by atoms with Gasteiger partial charge in [-0.05, 0) is 13.8 Å². The van der Waals surface area contributed by atoms with Crippen LogP contribution in [0.25, 0.3) is 0 Å². The van der Waals surface area contributed by atoms with E-state index in [1.165, 1.54) is 0 Å². The predicted octanol–water partition coefficient (Wildman–Crippen LogP) is -0.295. The molecule has 0 aliphatic carbocycles. The van der Waals surface area contributed by atoms with Gasteiger partial charge in [0.15, 0.2) is 5.57 Å². The van der Waals surface area contributed by atoms with E-state index in [-0.39, 0.29) is 37.8 Å². The Kier molecular flexibility index (Phi) is 7.53. The van der Waals surface area contributed by atoms with E-state index in [9.17, 15) is 9.90 Å². The van der Waals surface area contributed by atoms with Gasteiger partial charge in [0.2, 0.25) is 0 Å². The quantitative estimate of drug-likeness (QED) is 0.187. The number of aliphatic imine (C=N–C) groups is 1. The van der Waals surface area contributed by atoms with Crippen LogP contribution >= 0.6 is 0 Å². The summed E-state index contributed by atoms with van der Waals surface area (Å²) in [5, 5.41) is 18.1. The number of hydrogen-bond donors (Lipinski definition) is 3. The van der Waals surface area contributed by atoms with E-state index >= 15 is 0 Å². The van der Waals surface area contributed by atoms with Gasteiger partial charge in [0.25, 0.3) is 5.95 Å². The summed E-state index contributed by atoms with van der Waals surface area (Å²) in [5.41, 5.74) is 5.18. The van der Waals surface area contributed by atoms with E-state index in [0.29, 0.717) is 0 Å². The standard InChI is InChI=1S/C10H18N2O5/c1-3-16-9(14)7(10(15)17-4-2)8(11)12-5-6-13/h13-14H,3-6H2,1-2H3,(H2,11,12)/b9-7-. The fourth-order valence-electron chi connectivity index (χ4n) is 0.963. The van der Waals surface area contributed by atoms with Crippen LogP contribution in [0.4, 0.5) is 0 Å². The van der Waals surface area contributed by atoms with E-state index in [2.05, 4.69) is 4.99 Å². The zero-order valence-corrected chi connectivity index (χ0v) is 9.97. The number of aliphatic hydroxyl groups is 2. The molecule has 4 N–H and O–H groups in total. The normalized spacial score (nSPS) is 13.0. The summed E-state index contributed by atoms with van der Waals surface area (Å²) in [7, 11) is 0. The maximum absolute atomic E-state index is 11.5. The molecule has 0 bridgehead atoms. The van der Waals surface area contributed by atoms with Crippen LogP contribution < -0.4 is 5.73 Å². The number of nitrogens with two attached hydrogens (primary N) is 1. The summed E-state index contributed by atoms with van der Waals surface area (Å²) >= 11 is 0. The molecule has 0 radical (unpaired) electrons. The Balaban J connectivity index is 5.10. The lowest BCUT2D eigenvalue weighted by Crippen LogP contribution is -2.26. The molecule has 0 unspecified atom stereocenters. The largest absolute Gasteiger partial charge is 0.480 e. The second-order valence-corrected chi connectivity index (χ2v) is 2.82. The summed E-state index contributed by atoms with van der Waals surface area (Å²) in [4.78, 5) is 15.2. The minimum Gasteiger partial charge on any atom is -0.480 e. The van der Waals surface area contributed by atoms with Gasteiger partial charge in [0.05, 0.1) is 26.4 Å². The van der Waals surface area contributed by atoms with Crippen molar-refractivity contribution < 1.29 is 24.5 Å². The molecule has 0 rings (SSSR count). The van der Waals surface area contributed by atoms with Gasteiger partial charge in [-0.2, -0.15) is 0 Å². The molecule has 0 fully saturated rings. The summed E-state index contributed by atoms with van der Waals surface area (Å²) in [6.45, 7) is 3.37. The molecule has 0 aromatic carbocycles. The van der Waals surface area contributed by atoms with Crippen molar-refractivity contribution in [3.63, 3.8) is 0 Å². The topological polar surface area (TPSA) is 114 Å². The molecule has 0 aliphatic rings. The Hall–Kier alpha value is -1.76. The van der Waals surface area contributed by atoms with Crippen molar-refractivity contribution in [3.8, 4) is 0 Å². The highest BCUT2D eigenvalue weighted by molar-refractivity contribution is 6.18. The highest BCUT2D eigenvalue weighted by Crippen LogP contribution is 2.07. The molecule has 0 saturated carbocycles. The molecule has 0 amide bonds. The van der Waals surface area contributed by atoms with Gasteiger partial charge in [-0.15, -0.1) is 0 Å². The second-order valence-electron chi connectivity index (χ2n) is 2.82. The number of hydrogen-bond acceptors (Lipinski definition) is 6. The van der Waals surface area contributed by atoms with Gasteiger partial charge in [-0.1, -0.05) is 0 Å². The van der Waals surface area contributed by atoms with Crippen LogP contribution in [0.2, 0.25) is 0 Å². The summed E-state index contributed by atoms with van der Waals surface area (Å²) in [6.07, 6.45) is 0. The molecule has 7 nitrogen and oxygen atoms in total. The zero-order chi connectivity index (χ0) is 13.3. The third-order valence-electron chi connectivity index (χ3n) is 1.61. The Morgan fingerprint density at radius 3 is 2.35 bits per heavy atom. The summed E-state index contributed by atoms with van der Waals surface area (Å²) in [6, 6.07) is 0. The van der Waals surface area contributed by atoms with Crippen molar-refractivity contribution in [1.29, 1.82) is 0 Å². The molecule has 0 saturated heterocycles. The van der Waals surface area contributed by atoms with Gasteiger partial charge < -0.3 is 25.4 Å². The first-order valence-electron chi connectivity index (χ1n) is 5.22. The number of esters is 1. The van der Waals surface area contributed by atoms with Crippen molar-refractivity contribution in [3.05, 3.63) is 11.5 Å². The van der Waals surface area contributed by atoms with Gasteiger partial charge in [-0.3, -0.25) is 4.99 Å². The fourth-order valence-corrected chi connectivity index (χ4v) is 0.963. The van der Waals surface area contributed by atoms with Crippen molar-refractivity contribution in [2.24, 2.45) is 10.7 Å². The molecule has 7 heteroatoms. The average molecular weight is 246 g/mol. The molecule has 0 spiro atoms. The van der Waals surface area contributed by atoms with Crippen LogP contribution in [0.5, 0.6) is 0 Å². The lowest BCUT2D eigenvalue weighted by molar-refractivity contribution is -0.138. The van der Waals surface area contributed by atoms with Gasteiger partial charge in [-0.25, -0.2) is 4.79 Å². The lowest BCUT2D eigenvalue weighted by Gasteiger charge is -2.09. The number of carbonyl (C=O) groups is 1. The minimum atomic E-state index is -0.822. The van der Waals surface area contributed by atoms with Gasteiger partial charge in [0, 0.05) is 0 Å². The van der Waals surface area contributed by atoms with E-state index in [1.54, 1.807) is 13.8 Å². The number of amidine groups is 1. The first-order valence-corrected chi connectivity index (χ1v) is 5.22. The summed E-state index contributed by atoms with van der Waals surface area (Å²) < 4.78 is 9.50. The fraction of sp³-hybridized carbons (Fsp3) is 0.600. The van der Waals surface area contributed by atoms with Crippen LogP contribution in [-0.4, -0.2) is 48.4 Å². The maximum atomic E-state index is 11.5. The predicted molar refractivity (Wildman–Crippen MR) is 61.5 cm³/mol. The number of aliphatic hydroxyl groups excluding tert-OH is 2. The van der Waals surface area contributed by atoms with Crippen molar-refractivity contribution in [1.82, 2.24) is 0 Å². The van der Waals surface area contributed by atoms with E-state index in [1.807, 2.05) is 0 Å². The molecular formula is C10H18N2O5. The molecule has 0 atom stereocenters. The summed E-state index contributed by atoms with van der Waals surface area (Å²) in [5.74, 6) is -1.69. The molecule has 0 heterocycles. The Morgan fingerprint density at radius 2 is 1.88 bits per heavy atom. The van der Waals surface area contributed by atoms with Crippen LogP contribution in [0.3, 0.4) is 0 Å². The van der Waals surface area contributed by atoms with E-state index in [4.69, 9.17) is 20.3 Å². The van der Waals surface area contributed by atoms with Crippen LogP contribution in [0.1, 0.15) is 13.8 Å². The SMILES string of the molecule is CCOC(=O)/C(C(N)=NCCO)=C(/O)OCC. The number of carbonyl (C=O) groups excluding carboxylic acids is 1. The molecular weight excluding hydrogens is 228 g/mol.